The van der Waals surface area contributed by atoms with E-state index in [9.17, 15) is 12.8 Å². The fraction of sp³-hybridized carbons (Fsp3) is 0.143. The number of nitrogens with one attached hydrogen (secondary N) is 1. The normalized spacial score (nSPS) is 11.4. The van der Waals surface area contributed by atoms with E-state index in [1.165, 1.54) is 18.2 Å². The molecule has 0 aliphatic heterocycles. The van der Waals surface area contributed by atoms with Crippen molar-refractivity contribution >= 4 is 27.1 Å². The Morgan fingerprint density at radius 3 is 2.38 bits per heavy atom. The van der Waals surface area contributed by atoms with E-state index < -0.39 is 15.8 Å². The largest absolute Gasteiger partial charge is 0.399 e. The van der Waals surface area contributed by atoms with Crippen LogP contribution in [0.25, 0.3) is 0 Å². The van der Waals surface area contributed by atoms with Gasteiger partial charge in [0.2, 0.25) is 10.0 Å². The average molecular weight is 309 g/mol. The van der Waals surface area contributed by atoms with Gasteiger partial charge >= 0.3 is 0 Å². The number of sulfonamides is 1. The smallest absolute Gasteiger partial charge is 0.238 e. The standard InChI is InChI=1S/C14H16FN3O2S/c1-8-3-4-10(15)5-12(8)18-13-6-11(16)7-14(9(13)2)21(17,19)20/h3-7,18H,16H2,1-2H3,(H2,17,19,20). The molecule has 0 radical (unpaired) electrons. The summed E-state index contributed by atoms with van der Waals surface area (Å²) in [6.07, 6.45) is 0. The van der Waals surface area contributed by atoms with Crippen LogP contribution in [-0.2, 0) is 10.0 Å². The lowest BCUT2D eigenvalue weighted by molar-refractivity contribution is 0.597. The van der Waals surface area contributed by atoms with Crippen molar-refractivity contribution in [2.45, 2.75) is 18.7 Å². The van der Waals surface area contributed by atoms with Crippen LogP contribution in [-0.4, -0.2) is 8.42 Å². The van der Waals surface area contributed by atoms with Gasteiger partial charge in [-0.05, 0) is 49.2 Å². The lowest BCUT2D eigenvalue weighted by Crippen LogP contribution is -2.15. The van der Waals surface area contributed by atoms with E-state index >= 15 is 0 Å². The van der Waals surface area contributed by atoms with Gasteiger partial charge in [-0.2, -0.15) is 0 Å². The Bertz CT molecular complexity index is 804. The summed E-state index contributed by atoms with van der Waals surface area (Å²) >= 11 is 0. The second-order valence-corrected chi connectivity index (χ2v) is 6.35. The van der Waals surface area contributed by atoms with Crippen molar-refractivity contribution in [3.63, 3.8) is 0 Å². The molecular formula is C14H16FN3O2S. The van der Waals surface area contributed by atoms with Crippen LogP contribution in [0.5, 0.6) is 0 Å². The first-order chi connectivity index (χ1) is 9.68. The fourth-order valence-electron chi connectivity index (χ4n) is 2.01. The molecule has 21 heavy (non-hydrogen) atoms. The summed E-state index contributed by atoms with van der Waals surface area (Å²) in [6.45, 7) is 3.42. The van der Waals surface area contributed by atoms with E-state index in [1.807, 2.05) is 6.92 Å². The van der Waals surface area contributed by atoms with Crippen LogP contribution in [0.2, 0.25) is 0 Å². The zero-order valence-electron chi connectivity index (χ0n) is 11.6. The third kappa shape index (κ3) is 3.32. The van der Waals surface area contributed by atoms with Gasteiger partial charge in [0, 0.05) is 17.1 Å². The van der Waals surface area contributed by atoms with E-state index in [-0.39, 0.29) is 10.6 Å². The molecule has 7 heteroatoms. The van der Waals surface area contributed by atoms with Crippen molar-refractivity contribution in [3.8, 4) is 0 Å². The van der Waals surface area contributed by atoms with Crippen molar-refractivity contribution < 1.29 is 12.8 Å². The topological polar surface area (TPSA) is 98.2 Å². The maximum Gasteiger partial charge on any atom is 0.238 e. The van der Waals surface area contributed by atoms with Gasteiger partial charge in [0.05, 0.1) is 4.90 Å². The van der Waals surface area contributed by atoms with Crippen LogP contribution in [0.15, 0.2) is 35.2 Å². The predicted octanol–water partition coefficient (Wildman–Crippen LogP) is 2.42. The quantitative estimate of drug-likeness (QED) is 0.758. The average Bonchev–Trinajstić information content (AvgIpc) is 2.36. The number of halogens is 1. The molecule has 0 aliphatic carbocycles. The summed E-state index contributed by atoms with van der Waals surface area (Å²) in [5, 5.41) is 8.17. The molecule has 0 aliphatic rings. The van der Waals surface area contributed by atoms with Gasteiger partial charge in [0.15, 0.2) is 0 Å². The summed E-state index contributed by atoms with van der Waals surface area (Å²) in [5.74, 6) is -0.392. The van der Waals surface area contributed by atoms with Gasteiger partial charge in [-0.15, -0.1) is 0 Å². The van der Waals surface area contributed by atoms with E-state index in [0.717, 1.165) is 5.56 Å². The number of aryl methyl sites for hydroxylation is 1. The van der Waals surface area contributed by atoms with Gasteiger partial charge in [0.25, 0.3) is 0 Å². The van der Waals surface area contributed by atoms with Crippen molar-refractivity contribution in [2.24, 2.45) is 5.14 Å². The summed E-state index contributed by atoms with van der Waals surface area (Å²) < 4.78 is 36.4. The monoisotopic (exact) mass is 309 g/mol. The number of hydrogen-bond donors (Lipinski definition) is 3. The molecule has 0 aromatic heterocycles. The second-order valence-electron chi connectivity index (χ2n) is 4.82. The molecule has 2 rings (SSSR count). The van der Waals surface area contributed by atoms with Crippen LogP contribution >= 0.6 is 0 Å². The Labute approximate surface area is 122 Å². The summed E-state index contributed by atoms with van der Waals surface area (Å²) in [4.78, 5) is -0.0564. The summed E-state index contributed by atoms with van der Waals surface area (Å²) in [7, 11) is -3.88. The molecule has 0 saturated carbocycles. The Balaban J connectivity index is 2.55. The molecule has 0 unspecified atom stereocenters. The second kappa shape index (κ2) is 5.34. The molecule has 5 nitrogen and oxygen atoms in total. The van der Waals surface area contributed by atoms with Crippen LogP contribution < -0.4 is 16.2 Å². The molecule has 5 N–H and O–H groups in total. The van der Waals surface area contributed by atoms with E-state index in [1.54, 1.807) is 19.1 Å². The molecule has 0 atom stereocenters. The van der Waals surface area contributed by atoms with Crippen LogP contribution in [0.3, 0.4) is 0 Å². The molecule has 0 saturated heterocycles. The maximum atomic E-state index is 13.3. The van der Waals surface area contributed by atoms with Crippen molar-refractivity contribution in [2.75, 3.05) is 11.1 Å². The molecule has 2 aromatic rings. The highest BCUT2D eigenvalue weighted by Gasteiger charge is 2.16. The molecular weight excluding hydrogens is 293 g/mol. The Hall–Kier alpha value is -2.12. The Kier molecular flexibility index (Phi) is 3.89. The number of primary sulfonamides is 1. The maximum absolute atomic E-state index is 13.3. The van der Waals surface area contributed by atoms with Crippen molar-refractivity contribution in [3.05, 3.63) is 47.3 Å². The number of nitrogen functional groups attached to an aromatic ring is 1. The molecule has 2 aromatic carbocycles. The third-order valence-corrected chi connectivity index (χ3v) is 4.19. The van der Waals surface area contributed by atoms with E-state index in [2.05, 4.69) is 5.32 Å². The summed E-state index contributed by atoms with van der Waals surface area (Å²) in [5.41, 5.74) is 8.20. The molecule has 112 valence electrons. The number of rotatable bonds is 3. The van der Waals surface area contributed by atoms with E-state index in [0.29, 0.717) is 16.9 Å². The first kappa shape index (κ1) is 15.3. The first-order valence-electron chi connectivity index (χ1n) is 6.14. The van der Waals surface area contributed by atoms with Crippen molar-refractivity contribution in [1.29, 1.82) is 0 Å². The van der Waals surface area contributed by atoms with Gasteiger partial charge in [-0.1, -0.05) is 6.07 Å². The van der Waals surface area contributed by atoms with Gasteiger partial charge in [-0.3, -0.25) is 0 Å². The highest BCUT2D eigenvalue weighted by atomic mass is 32.2. The minimum Gasteiger partial charge on any atom is -0.399 e. The lowest BCUT2D eigenvalue weighted by Gasteiger charge is -2.15. The highest BCUT2D eigenvalue weighted by Crippen LogP contribution is 2.30. The third-order valence-electron chi connectivity index (χ3n) is 3.16. The molecule has 0 fully saturated rings. The zero-order valence-corrected chi connectivity index (χ0v) is 12.5. The van der Waals surface area contributed by atoms with E-state index in [4.69, 9.17) is 10.9 Å². The Morgan fingerprint density at radius 1 is 1.10 bits per heavy atom. The number of anilines is 3. The number of nitrogens with two attached hydrogens (primary N) is 2. The molecule has 0 amide bonds. The van der Waals surface area contributed by atoms with Crippen molar-refractivity contribution in [1.82, 2.24) is 0 Å². The zero-order chi connectivity index (χ0) is 15.8. The van der Waals surface area contributed by atoms with Gasteiger partial charge < -0.3 is 11.1 Å². The first-order valence-corrected chi connectivity index (χ1v) is 7.69. The summed E-state index contributed by atoms with van der Waals surface area (Å²) in [6, 6.07) is 7.18. The minimum atomic E-state index is -3.88. The SMILES string of the molecule is Cc1ccc(F)cc1Nc1cc(N)cc(S(N)(=O)=O)c1C. The fourth-order valence-corrected chi connectivity index (χ4v) is 2.85. The van der Waals surface area contributed by atoms with Gasteiger partial charge in [0.1, 0.15) is 5.82 Å². The van der Waals surface area contributed by atoms with Crippen LogP contribution in [0.4, 0.5) is 21.5 Å². The number of benzene rings is 2. The predicted molar refractivity (Wildman–Crippen MR) is 81.4 cm³/mol. The molecule has 0 spiro atoms. The van der Waals surface area contributed by atoms with Crippen LogP contribution in [0, 0.1) is 19.7 Å². The van der Waals surface area contributed by atoms with Crippen LogP contribution in [0.1, 0.15) is 11.1 Å². The lowest BCUT2D eigenvalue weighted by atomic mass is 10.1. The molecule has 0 heterocycles. The molecule has 0 bridgehead atoms. The highest BCUT2D eigenvalue weighted by molar-refractivity contribution is 7.89. The Morgan fingerprint density at radius 2 is 1.76 bits per heavy atom. The minimum absolute atomic E-state index is 0.0564. The van der Waals surface area contributed by atoms with Gasteiger partial charge in [-0.25, -0.2) is 17.9 Å². The number of hydrogen-bond acceptors (Lipinski definition) is 4.